The first-order valence-electron chi connectivity index (χ1n) is 4.22. The lowest BCUT2D eigenvalue weighted by molar-refractivity contribution is 0.417. The van der Waals surface area contributed by atoms with Crippen molar-refractivity contribution in [2.24, 2.45) is 0 Å². The third-order valence-corrected chi connectivity index (χ3v) is 2.40. The molecule has 0 aromatic carbocycles. The Morgan fingerprint density at radius 3 is 2.86 bits per heavy atom. The average Bonchev–Trinajstić information content (AvgIpc) is 2.71. The summed E-state index contributed by atoms with van der Waals surface area (Å²) in [6.45, 7) is 1.99. The zero-order chi connectivity index (χ0) is 10.1. The van der Waals surface area contributed by atoms with E-state index in [1.54, 1.807) is 6.07 Å². The summed E-state index contributed by atoms with van der Waals surface area (Å²) in [5.74, 6) is 1.67. The first-order valence-corrected chi connectivity index (χ1v) is 5.01. The van der Waals surface area contributed by atoms with Crippen LogP contribution in [0.3, 0.4) is 0 Å². The molecule has 2 heterocycles. The summed E-state index contributed by atoms with van der Waals surface area (Å²) in [6, 6.07) is 3.61. The summed E-state index contributed by atoms with van der Waals surface area (Å²) >= 11 is 3.22. The van der Waals surface area contributed by atoms with Gasteiger partial charge in [-0.2, -0.15) is 0 Å². The van der Waals surface area contributed by atoms with Crippen LogP contribution in [0.15, 0.2) is 25.7 Å². The quantitative estimate of drug-likeness (QED) is 0.898. The normalized spacial score (nSPS) is 10.7. The van der Waals surface area contributed by atoms with E-state index in [1.165, 1.54) is 0 Å². The van der Waals surface area contributed by atoms with Gasteiger partial charge < -0.3 is 14.7 Å². The molecule has 74 valence electrons. The summed E-state index contributed by atoms with van der Waals surface area (Å²) in [5.41, 5.74) is 6.52. The highest BCUT2D eigenvalue weighted by molar-refractivity contribution is 9.10. The highest BCUT2D eigenvalue weighted by Crippen LogP contribution is 2.30. The third-order valence-electron chi connectivity index (χ3n) is 1.97. The molecule has 0 amide bonds. The molecule has 2 rings (SSSR count). The van der Waals surface area contributed by atoms with E-state index in [0.29, 0.717) is 22.0 Å². The van der Waals surface area contributed by atoms with E-state index in [-0.39, 0.29) is 0 Å². The Morgan fingerprint density at radius 1 is 1.50 bits per heavy atom. The minimum atomic E-state index is 0.426. The Balaban J connectivity index is 2.51. The second-order valence-electron chi connectivity index (χ2n) is 2.83. The first-order chi connectivity index (χ1) is 6.72. The fourth-order valence-electron chi connectivity index (χ4n) is 1.29. The van der Waals surface area contributed by atoms with E-state index in [4.69, 9.17) is 14.7 Å². The molecule has 0 spiro atoms. The van der Waals surface area contributed by atoms with Crippen LogP contribution in [-0.2, 0) is 6.42 Å². The van der Waals surface area contributed by atoms with Crippen molar-refractivity contribution in [2.45, 2.75) is 13.3 Å². The number of hydrogen-bond donors (Lipinski definition) is 1. The molecule has 0 saturated carbocycles. The van der Waals surface area contributed by atoms with Gasteiger partial charge in [-0.3, -0.25) is 0 Å². The lowest BCUT2D eigenvalue weighted by Crippen LogP contribution is -1.90. The number of nitrogens with two attached hydrogens (primary N) is 1. The van der Waals surface area contributed by atoms with Gasteiger partial charge in [-0.05, 0) is 34.5 Å². The van der Waals surface area contributed by atoms with Crippen LogP contribution in [0.25, 0.3) is 11.5 Å². The molecule has 5 heteroatoms. The van der Waals surface area contributed by atoms with Crippen molar-refractivity contribution in [3.63, 3.8) is 0 Å². The molecule has 14 heavy (non-hydrogen) atoms. The molecule has 0 atom stereocenters. The molecule has 0 aliphatic rings. The van der Waals surface area contributed by atoms with Crippen molar-refractivity contribution in [3.8, 4) is 11.5 Å². The molecular formula is C9H9BrN2O2. The topological polar surface area (TPSA) is 65.2 Å². The fourth-order valence-corrected chi connectivity index (χ4v) is 1.60. The Kier molecular flexibility index (Phi) is 2.33. The smallest absolute Gasteiger partial charge is 0.207 e. The van der Waals surface area contributed by atoms with Gasteiger partial charge in [0.15, 0.2) is 16.2 Å². The highest BCUT2D eigenvalue weighted by Gasteiger charge is 2.16. The fraction of sp³-hybridized carbons (Fsp3) is 0.222. The van der Waals surface area contributed by atoms with Crippen LogP contribution in [0.2, 0.25) is 0 Å². The molecule has 2 aromatic rings. The number of rotatable bonds is 2. The van der Waals surface area contributed by atoms with Gasteiger partial charge in [0, 0.05) is 5.56 Å². The van der Waals surface area contributed by atoms with Crippen LogP contribution in [0.1, 0.15) is 12.5 Å². The second-order valence-corrected chi connectivity index (χ2v) is 3.61. The molecule has 0 unspecified atom stereocenters. The van der Waals surface area contributed by atoms with E-state index in [2.05, 4.69) is 21.1 Å². The van der Waals surface area contributed by atoms with E-state index in [1.807, 2.05) is 13.0 Å². The molecule has 2 aromatic heterocycles. The maximum atomic E-state index is 5.64. The average molecular weight is 257 g/mol. The highest BCUT2D eigenvalue weighted by atomic mass is 79.9. The van der Waals surface area contributed by atoms with Crippen molar-refractivity contribution in [1.29, 1.82) is 0 Å². The summed E-state index contributed by atoms with van der Waals surface area (Å²) in [5, 5.41) is 3.70. The van der Waals surface area contributed by atoms with E-state index in [0.717, 1.165) is 12.0 Å². The van der Waals surface area contributed by atoms with Crippen LogP contribution in [0.4, 0.5) is 5.82 Å². The molecule has 0 saturated heterocycles. The Bertz CT molecular complexity index is 447. The lowest BCUT2D eigenvalue weighted by atomic mass is 10.1. The molecule has 4 nitrogen and oxygen atoms in total. The summed E-state index contributed by atoms with van der Waals surface area (Å²) < 4.78 is 11.1. The monoisotopic (exact) mass is 256 g/mol. The van der Waals surface area contributed by atoms with Crippen LogP contribution in [0, 0.1) is 0 Å². The van der Waals surface area contributed by atoms with Crippen molar-refractivity contribution in [3.05, 3.63) is 22.4 Å². The van der Waals surface area contributed by atoms with Gasteiger partial charge in [-0.25, -0.2) is 0 Å². The summed E-state index contributed by atoms with van der Waals surface area (Å²) in [7, 11) is 0. The van der Waals surface area contributed by atoms with Crippen molar-refractivity contribution < 1.29 is 8.94 Å². The Hall–Kier alpha value is -1.23. The van der Waals surface area contributed by atoms with Gasteiger partial charge in [-0.15, -0.1) is 0 Å². The summed E-state index contributed by atoms with van der Waals surface area (Å²) in [4.78, 5) is 0. The van der Waals surface area contributed by atoms with Gasteiger partial charge in [-0.1, -0.05) is 12.1 Å². The third kappa shape index (κ3) is 1.43. The zero-order valence-corrected chi connectivity index (χ0v) is 9.17. The predicted octanol–water partition coefficient (Wildman–Crippen LogP) is 2.84. The number of furan rings is 1. The van der Waals surface area contributed by atoms with Crippen molar-refractivity contribution in [1.82, 2.24) is 5.16 Å². The second kappa shape index (κ2) is 3.49. The number of halogens is 1. The summed E-state index contributed by atoms with van der Waals surface area (Å²) in [6.07, 6.45) is 0.767. The molecule has 0 aliphatic heterocycles. The first kappa shape index (κ1) is 9.33. The number of nitrogen functional groups attached to an aromatic ring is 1. The molecule has 0 bridgehead atoms. The van der Waals surface area contributed by atoms with Crippen LogP contribution >= 0.6 is 15.9 Å². The standard InChI is InChI=1S/C9H9BrN2O2/c1-2-5-8(14-12-9(5)11)6-3-4-7(10)13-6/h3-4H,2H2,1H3,(H2,11,12). The van der Waals surface area contributed by atoms with Gasteiger partial charge in [0.2, 0.25) is 5.76 Å². The van der Waals surface area contributed by atoms with E-state index < -0.39 is 0 Å². The molecule has 2 N–H and O–H groups in total. The van der Waals surface area contributed by atoms with E-state index in [9.17, 15) is 0 Å². The van der Waals surface area contributed by atoms with Gasteiger partial charge in [0.1, 0.15) is 0 Å². The van der Waals surface area contributed by atoms with E-state index >= 15 is 0 Å². The minimum absolute atomic E-state index is 0.426. The molecule has 0 aliphatic carbocycles. The maximum absolute atomic E-state index is 5.64. The Labute approximate surface area is 89.2 Å². The largest absolute Gasteiger partial charge is 0.446 e. The van der Waals surface area contributed by atoms with Gasteiger partial charge in [0.05, 0.1) is 0 Å². The van der Waals surface area contributed by atoms with Crippen LogP contribution in [0.5, 0.6) is 0 Å². The molecule has 0 fully saturated rings. The van der Waals surface area contributed by atoms with Gasteiger partial charge in [0.25, 0.3) is 0 Å². The number of hydrogen-bond acceptors (Lipinski definition) is 4. The number of nitrogens with zero attached hydrogens (tertiary/aromatic N) is 1. The van der Waals surface area contributed by atoms with Crippen molar-refractivity contribution in [2.75, 3.05) is 5.73 Å². The SMILES string of the molecule is CCc1c(N)noc1-c1ccc(Br)o1. The van der Waals surface area contributed by atoms with Crippen LogP contribution in [-0.4, -0.2) is 5.16 Å². The Morgan fingerprint density at radius 2 is 2.29 bits per heavy atom. The van der Waals surface area contributed by atoms with Crippen LogP contribution < -0.4 is 5.73 Å². The number of aromatic nitrogens is 1. The van der Waals surface area contributed by atoms with Crippen molar-refractivity contribution >= 4 is 21.7 Å². The zero-order valence-electron chi connectivity index (χ0n) is 7.58. The molecular weight excluding hydrogens is 248 g/mol. The minimum Gasteiger partial charge on any atom is -0.446 e. The maximum Gasteiger partial charge on any atom is 0.207 e. The van der Waals surface area contributed by atoms with Gasteiger partial charge >= 0.3 is 0 Å². The number of anilines is 1. The predicted molar refractivity (Wildman–Crippen MR) is 55.7 cm³/mol. The lowest BCUT2D eigenvalue weighted by Gasteiger charge is -1.93. The molecule has 0 radical (unpaired) electrons.